The van der Waals surface area contributed by atoms with Crippen LogP contribution in [0.15, 0.2) is 13.6 Å². The molecule has 1 saturated carbocycles. The average Bonchev–Trinajstić information content (AvgIpc) is 2.77. The van der Waals surface area contributed by atoms with Gasteiger partial charge in [0.2, 0.25) is 0 Å². The Morgan fingerprint density at radius 2 is 2.23 bits per heavy atom. The summed E-state index contributed by atoms with van der Waals surface area (Å²) >= 11 is 8.49. The van der Waals surface area contributed by atoms with Gasteiger partial charge in [-0.25, -0.2) is 0 Å². The van der Waals surface area contributed by atoms with E-state index in [2.05, 4.69) is 31.9 Å². The molecule has 0 bridgehead atoms. The largest absolute Gasteiger partial charge is 0.388 e. The molecule has 1 N–H and O–H groups in total. The second-order valence-corrected chi connectivity index (χ2v) is 7.22. The lowest BCUT2D eigenvalue weighted by molar-refractivity contribution is 0.160. The third kappa shape index (κ3) is 2.55. The lowest BCUT2D eigenvalue weighted by atomic mass is 10.1. The molecular formula is C9H10Br2OS. The van der Waals surface area contributed by atoms with E-state index in [9.17, 15) is 5.11 Å². The van der Waals surface area contributed by atoms with Gasteiger partial charge >= 0.3 is 0 Å². The van der Waals surface area contributed by atoms with E-state index in [0.29, 0.717) is 0 Å². The highest BCUT2D eigenvalue weighted by atomic mass is 79.9. The molecule has 0 saturated heterocycles. The van der Waals surface area contributed by atoms with Crippen LogP contribution in [0.3, 0.4) is 0 Å². The zero-order valence-electron chi connectivity index (χ0n) is 6.96. The van der Waals surface area contributed by atoms with Crippen LogP contribution in [0.2, 0.25) is 0 Å². The first-order chi connectivity index (χ1) is 6.16. The standard InChI is InChI=1S/C9H10Br2OS/c10-8-4-6(9(11)13-8)7(12)3-5-1-2-5/h4-5,7,12H,1-3H2. The van der Waals surface area contributed by atoms with Crippen molar-refractivity contribution in [2.45, 2.75) is 25.4 Å². The number of halogens is 2. The number of hydrogen-bond donors (Lipinski definition) is 1. The summed E-state index contributed by atoms with van der Waals surface area (Å²) in [4.78, 5) is 0. The molecule has 1 heterocycles. The molecule has 0 spiro atoms. The molecule has 13 heavy (non-hydrogen) atoms. The molecule has 0 aliphatic heterocycles. The van der Waals surface area contributed by atoms with Crippen molar-refractivity contribution >= 4 is 43.2 Å². The molecule has 1 aromatic heterocycles. The molecule has 1 aromatic rings. The average molecular weight is 326 g/mol. The first-order valence-electron chi connectivity index (χ1n) is 4.29. The molecule has 1 atom stereocenters. The molecule has 1 fully saturated rings. The number of aliphatic hydroxyl groups is 1. The van der Waals surface area contributed by atoms with Gasteiger partial charge in [-0.3, -0.25) is 0 Å². The maximum Gasteiger partial charge on any atom is 0.0812 e. The molecular weight excluding hydrogens is 316 g/mol. The van der Waals surface area contributed by atoms with Gasteiger partial charge in [0.15, 0.2) is 0 Å². The van der Waals surface area contributed by atoms with Gasteiger partial charge in [-0.1, -0.05) is 12.8 Å². The summed E-state index contributed by atoms with van der Waals surface area (Å²) in [5, 5.41) is 9.88. The highest BCUT2D eigenvalue weighted by molar-refractivity contribution is 9.12. The maximum absolute atomic E-state index is 9.88. The van der Waals surface area contributed by atoms with E-state index in [1.165, 1.54) is 12.8 Å². The summed E-state index contributed by atoms with van der Waals surface area (Å²) in [6.07, 6.45) is 3.21. The van der Waals surface area contributed by atoms with Gasteiger partial charge in [-0.2, -0.15) is 0 Å². The van der Waals surface area contributed by atoms with E-state index in [1.54, 1.807) is 11.3 Å². The highest BCUT2D eigenvalue weighted by Gasteiger charge is 2.26. The van der Waals surface area contributed by atoms with Gasteiger partial charge in [0.05, 0.1) is 13.7 Å². The lowest BCUT2D eigenvalue weighted by Gasteiger charge is -2.07. The summed E-state index contributed by atoms with van der Waals surface area (Å²) in [5.41, 5.74) is 1.03. The Kier molecular flexibility index (Phi) is 3.13. The number of thiophene rings is 1. The van der Waals surface area contributed by atoms with Crippen molar-refractivity contribution in [3.8, 4) is 0 Å². The van der Waals surface area contributed by atoms with Gasteiger partial charge in [0.25, 0.3) is 0 Å². The zero-order chi connectivity index (χ0) is 9.42. The van der Waals surface area contributed by atoms with Crippen LogP contribution in [-0.2, 0) is 0 Å². The van der Waals surface area contributed by atoms with Gasteiger partial charge in [-0.05, 0) is 50.3 Å². The Hall–Kier alpha value is 0.620. The minimum absolute atomic E-state index is 0.288. The maximum atomic E-state index is 9.88. The SMILES string of the molecule is OC(CC1CC1)c1cc(Br)sc1Br. The van der Waals surface area contributed by atoms with E-state index in [1.807, 2.05) is 6.07 Å². The van der Waals surface area contributed by atoms with Gasteiger partial charge < -0.3 is 5.11 Å². The topological polar surface area (TPSA) is 20.2 Å². The molecule has 4 heteroatoms. The molecule has 1 nitrogen and oxygen atoms in total. The summed E-state index contributed by atoms with van der Waals surface area (Å²) in [5.74, 6) is 0.764. The Labute approximate surface area is 98.4 Å². The Balaban J connectivity index is 2.08. The van der Waals surface area contributed by atoms with Crippen LogP contribution in [0.5, 0.6) is 0 Å². The van der Waals surface area contributed by atoms with E-state index < -0.39 is 0 Å². The van der Waals surface area contributed by atoms with Crippen molar-refractivity contribution in [1.29, 1.82) is 0 Å². The molecule has 0 aromatic carbocycles. The Morgan fingerprint density at radius 1 is 1.54 bits per heavy atom. The monoisotopic (exact) mass is 324 g/mol. The first-order valence-corrected chi connectivity index (χ1v) is 6.70. The molecule has 1 unspecified atom stereocenters. The van der Waals surface area contributed by atoms with Crippen LogP contribution in [0.25, 0.3) is 0 Å². The molecule has 0 amide bonds. The summed E-state index contributed by atoms with van der Waals surface area (Å²) in [6, 6.07) is 2.00. The van der Waals surface area contributed by atoms with Gasteiger partial charge in [0.1, 0.15) is 0 Å². The van der Waals surface area contributed by atoms with E-state index in [-0.39, 0.29) is 6.10 Å². The van der Waals surface area contributed by atoms with Crippen molar-refractivity contribution in [3.05, 3.63) is 19.2 Å². The van der Waals surface area contributed by atoms with Crippen LogP contribution in [-0.4, -0.2) is 5.11 Å². The van der Waals surface area contributed by atoms with E-state index in [0.717, 1.165) is 25.5 Å². The minimum atomic E-state index is -0.288. The van der Waals surface area contributed by atoms with Crippen molar-refractivity contribution < 1.29 is 5.11 Å². The molecule has 1 aliphatic carbocycles. The number of aliphatic hydroxyl groups excluding tert-OH is 1. The van der Waals surface area contributed by atoms with Crippen LogP contribution < -0.4 is 0 Å². The lowest BCUT2D eigenvalue weighted by Crippen LogP contribution is -1.96. The second-order valence-electron chi connectivity index (χ2n) is 3.47. The highest BCUT2D eigenvalue weighted by Crippen LogP contribution is 2.42. The third-order valence-corrected chi connectivity index (χ3v) is 4.68. The van der Waals surface area contributed by atoms with E-state index in [4.69, 9.17) is 0 Å². The summed E-state index contributed by atoms with van der Waals surface area (Å²) in [7, 11) is 0. The molecule has 72 valence electrons. The van der Waals surface area contributed by atoms with Crippen LogP contribution in [0, 0.1) is 5.92 Å². The number of hydrogen-bond acceptors (Lipinski definition) is 2. The smallest absolute Gasteiger partial charge is 0.0812 e. The summed E-state index contributed by atoms with van der Waals surface area (Å²) in [6.45, 7) is 0. The van der Waals surface area contributed by atoms with Gasteiger partial charge in [-0.15, -0.1) is 11.3 Å². The normalized spacial score (nSPS) is 19.0. The Bertz CT molecular complexity index is 307. The third-order valence-electron chi connectivity index (χ3n) is 2.30. The van der Waals surface area contributed by atoms with Gasteiger partial charge in [0, 0.05) is 5.56 Å². The minimum Gasteiger partial charge on any atom is -0.388 e. The quantitative estimate of drug-likeness (QED) is 0.886. The molecule has 1 aliphatic rings. The van der Waals surface area contributed by atoms with Crippen LogP contribution >= 0.6 is 43.2 Å². The fourth-order valence-corrected chi connectivity index (χ4v) is 4.33. The van der Waals surface area contributed by atoms with Crippen LogP contribution in [0.4, 0.5) is 0 Å². The predicted molar refractivity (Wildman–Crippen MR) is 62.0 cm³/mol. The van der Waals surface area contributed by atoms with Crippen molar-refractivity contribution in [2.24, 2.45) is 5.92 Å². The molecule has 2 rings (SSSR count). The predicted octanol–water partition coefficient (Wildman–Crippen LogP) is 4.11. The van der Waals surface area contributed by atoms with Crippen molar-refractivity contribution in [1.82, 2.24) is 0 Å². The number of rotatable bonds is 3. The Morgan fingerprint density at radius 3 is 2.69 bits per heavy atom. The zero-order valence-corrected chi connectivity index (χ0v) is 11.0. The second kappa shape index (κ2) is 4.01. The van der Waals surface area contributed by atoms with Crippen LogP contribution in [0.1, 0.15) is 30.9 Å². The fourth-order valence-electron chi connectivity index (χ4n) is 1.38. The fraction of sp³-hybridized carbons (Fsp3) is 0.556. The van der Waals surface area contributed by atoms with E-state index >= 15 is 0 Å². The van der Waals surface area contributed by atoms with Crippen molar-refractivity contribution in [3.63, 3.8) is 0 Å². The first kappa shape index (κ1) is 10.1. The molecule has 0 radical (unpaired) electrons. The summed E-state index contributed by atoms with van der Waals surface area (Å²) < 4.78 is 2.12. The van der Waals surface area contributed by atoms with Crippen molar-refractivity contribution in [2.75, 3.05) is 0 Å².